The zero-order valence-corrected chi connectivity index (χ0v) is 22.6. The molecule has 7 nitrogen and oxygen atoms in total. The predicted molar refractivity (Wildman–Crippen MR) is 130 cm³/mol. The molecule has 5 atom stereocenters. The number of hydrogen-bond acceptors (Lipinski definition) is 7. The standard InChI is InChI=1S/C25H42O7Si/c1-17-10-11-21(30-19(3)27)25(7,29)14-12-20(32-33(8,9)24(4,5)6)16-22(28)31-23(17)18(2)13-15-26/h10-11,13,15,17,20-21,23,29H,12,14,16H2,1-9H3/b11-10+,18-13+/t17-,20+,21+,23-,25+/m0/s1. The molecule has 0 aromatic heterocycles. The van der Waals surface area contributed by atoms with Gasteiger partial charge in [0.05, 0.1) is 12.5 Å². The molecule has 0 bridgehead atoms. The molecule has 1 heterocycles. The molecule has 0 aliphatic carbocycles. The first kappa shape index (κ1) is 29.3. The Kier molecular flexibility index (Phi) is 10.3. The number of esters is 2. The summed E-state index contributed by atoms with van der Waals surface area (Å²) in [5.41, 5.74) is -0.756. The molecular weight excluding hydrogens is 440 g/mol. The van der Waals surface area contributed by atoms with Crippen molar-refractivity contribution in [1.29, 1.82) is 0 Å². The Balaban J connectivity index is 3.41. The Labute approximate surface area is 199 Å². The molecule has 0 aromatic carbocycles. The molecule has 0 unspecified atom stereocenters. The Morgan fingerprint density at radius 2 is 1.88 bits per heavy atom. The molecule has 1 N–H and O–H groups in total. The number of carbonyl (C=O) groups excluding carboxylic acids is 3. The maximum Gasteiger partial charge on any atom is 0.308 e. The maximum absolute atomic E-state index is 12.9. The molecule has 1 aliphatic heterocycles. The SMILES string of the molecule is CC(=O)O[C@@H]1/C=C/[C@H](C)[C@@H](/C(C)=C/C=O)OC(=O)C[C@H](O[Si](C)(C)C(C)(C)C)CC[C@@]1(C)O. The summed E-state index contributed by atoms with van der Waals surface area (Å²) >= 11 is 0. The Hall–Kier alpha value is -1.77. The van der Waals surface area contributed by atoms with Crippen LogP contribution in [0.1, 0.15) is 67.7 Å². The highest BCUT2D eigenvalue weighted by Crippen LogP contribution is 2.39. The van der Waals surface area contributed by atoms with Crippen molar-refractivity contribution in [2.24, 2.45) is 5.92 Å². The lowest BCUT2D eigenvalue weighted by Crippen LogP contribution is -2.46. The van der Waals surface area contributed by atoms with E-state index in [4.69, 9.17) is 13.9 Å². The van der Waals surface area contributed by atoms with Crippen molar-refractivity contribution in [3.8, 4) is 0 Å². The van der Waals surface area contributed by atoms with Crippen LogP contribution in [0.5, 0.6) is 0 Å². The molecule has 188 valence electrons. The van der Waals surface area contributed by atoms with E-state index in [0.717, 1.165) is 0 Å². The van der Waals surface area contributed by atoms with Crippen molar-refractivity contribution in [1.82, 2.24) is 0 Å². The van der Waals surface area contributed by atoms with Gasteiger partial charge >= 0.3 is 11.9 Å². The molecule has 8 heteroatoms. The van der Waals surface area contributed by atoms with Crippen LogP contribution in [0.25, 0.3) is 0 Å². The summed E-state index contributed by atoms with van der Waals surface area (Å²) in [5, 5.41) is 11.1. The third-order valence-corrected chi connectivity index (χ3v) is 11.2. The fourth-order valence-electron chi connectivity index (χ4n) is 3.51. The van der Waals surface area contributed by atoms with Crippen molar-refractivity contribution in [2.75, 3.05) is 0 Å². The fourth-order valence-corrected chi connectivity index (χ4v) is 4.90. The highest BCUT2D eigenvalue weighted by atomic mass is 28.4. The summed E-state index contributed by atoms with van der Waals surface area (Å²) in [7, 11) is -2.21. The highest BCUT2D eigenvalue weighted by Gasteiger charge is 2.41. The van der Waals surface area contributed by atoms with Crippen LogP contribution >= 0.6 is 0 Å². The van der Waals surface area contributed by atoms with Gasteiger partial charge in [0.1, 0.15) is 24.1 Å². The van der Waals surface area contributed by atoms with Crippen LogP contribution in [-0.2, 0) is 28.3 Å². The van der Waals surface area contributed by atoms with Gasteiger partial charge in [0.15, 0.2) is 8.32 Å². The second-order valence-electron chi connectivity index (χ2n) is 10.8. The molecule has 1 aliphatic rings. The minimum atomic E-state index is -2.21. The van der Waals surface area contributed by atoms with Gasteiger partial charge in [-0.25, -0.2) is 0 Å². The molecule has 0 amide bonds. The normalized spacial score (nSPS) is 31.6. The zero-order valence-electron chi connectivity index (χ0n) is 21.6. The van der Waals surface area contributed by atoms with E-state index in [-0.39, 0.29) is 23.8 Å². The summed E-state index contributed by atoms with van der Waals surface area (Å²) in [6, 6.07) is 0. The van der Waals surface area contributed by atoms with E-state index in [1.54, 1.807) is 26.0 Å². The number of rotatable bonds is 5. The number of allylic oxidation sites excluding steroid dienone is 1. The van der Waals surface area contributed by atoms with Gasteiger partial charge in [-0.1, -0.05) is 33.8 Å². The monoisotopic (exact) mass is 482 g/mol. The van der Waals surface area contributed by atoms with Gasteiger partial charge in [-0.2, -0.15) is 0 Å². The van der Waals surface area contributed by atoms with E-state index >= 15 is 0 Å². The molecule has 1 rings (SSSR count). The smallest absolute Gasteiger partial charge is 0.308 e. The van der Waals surface area contributed by atoms with Gasteiger partial charge in [0, 0.05) is 12.8 Å². The van der Waals surface area contributed by atoms with Gasteiger partial charge in [0.2, 0.25) is 0 Å². The summed E-state index contributed by atoms with van der Waals surface area (Å²) in [4.78, 5) is 35.7. The third-order valence-electron chi connectivity index (χ3n) is 6.65. The zero-order chi connectivity index (χ0) is 25.6. The second kappa shape index (κ2) is 11.6. The topological polar surface area (TPSA) is 99.1 Å². The molecule has 0 spiro atoms. The van der Waals surface area contributed by atoms with Crippen LogP contribution < -0.4 is 0 Å². The first-order chi connectivity index (χ1) is 15.0. The van der Waals surface area contributed by atoms with E-state index in [9.17, 15) is 19.5 Å². The minimum absolute atomic E-state index is 0.0299. The van der Waals surface area contributed by atoms with E-state index in [2.05, 4.69) is 33.9 Å². The van der Waals surface area contributed by atoms with Crippen LogP contribution in [0.2, 0.25) is 18.1 Å². The lowest BCUT2D eigenvalue weighted by atomic mass is 9.89. The third kappa shape index (κ3) is 8.83. The number of aliphatic hydroxyl groups is 1. The molecule has 33 heavy (non-hydrogen) atoms. The largest absolute Gasteiger partial charge is 0.457 e. The van der Waals surface area contributed by atoms with Crippen LogP contribution in [0.3, 0.4) is 0 Å². The number of aldehydes is 1. The van der Waals surface area contributed by atoms with Gasteiger partial charge in [-0.3, -0.25) is 14.4 Å². The highest BCUT2D eigenvalue weighted by molar-refractivity contribution is 6.74. The van der Waals surface area contributed by atoms with E-state index < -0.39 is 44.2 Å². The average molecular weight is 483 g/mol. The van der Waals surface area contributed by atoms with Crippen LogP contribution in [-0.4, -0.2) is 55.6 Å². The van der Waals surface area contributed by atoms with E-state index in [1.165, 1.54) is 13.0 Å². The van der Waals surface area contributed by atoms with E-state index in [1.807, 2.05) is 6.92 Å². The minimum Gasteiger partial charge on any atom is -0.457 e. The van der Waals surface area contributed by atoms with Crippen molar-refractivity contribution >= 4 is 26.5 Å². The van der Waals surface area contributed by atoms with Crippen LogP contribution in [0, 0.1) is 5.92 Å². The Morgan fingerprint density at radius 3 is 2.39 bits per heavy atom. The maximum atomic E-state index is 12.9. The lowest BCUT2D eigenvalue weighted by Gasteiger charge is -2.40. The second-order valence-corrected chi connectivity index (χ2v) is 15.6. The first-order valence-corrected chi connectivity index (χ1v) is 14.5. The van der Waals surface area contributed by atoms with Gasteiger partial charge in [0.25, 0.3) is 0 Å². The summed E-state index contributed by atoms with van der Waals surface area (Å²) in [5.74, 6) is -1.24. The number of hydrogen-bond donors (Lipinski definition) is 1. The molecule has 0 saturated heterocycles. The van der Waals surface area contributed by atoms with Gasteiger partial charge < -0.3 is 19.0 Å². The molecular formula is C25H42O7Si. The summed E-state index contributed by atoms with van der Waals surface area (Å²) in [6.07, 6.45) is 4.09. The average Bonchev–Trinajstić information content (AvgIpc) is 2.65. The Bertz CT molecular complexity index is 761. The number of carbonyl (C=O) groups is 3. The van der Waals surface area contributed by atoms with Crippen molar-refractivity contribution in [3.05, 3.63) is 23.8 Å². The van der Waals surface area contributed by atoms with Crippen LogP contribution in [0.4, 0.5) is 0 Å². The number of cyclic esters (lactones) is 1. The Morgan fingerprint density at radius 1 is 1.27 bits per heavy atom. The van der Waals surface area contributed by atoms with Crippen molar-refractivity contribution < 1.29 is 33.4 Å². The summed E-state index contributed by atoms with van der Waals surface area (Å²) in [6.45, 7) is 17.1. The van der Waals surface area contributed by atoms with Gasteiger partial charge in [-0.05, 0) is 62.5 Å². The number of ether oxygens (including phenoxy) is 2. The van der Waals surface area contributed by atoms with E-state index in [0.29, 0.717) is 18.3 Å². The van der Waals surface area contributed by atoms with Gasteiger partial charge in [-0.15, -0.1) is 0 Å². The van der Waals surface area contributed by atoms with Crippen molar-refractivity contribution in [2.45, 2.75) is 110 Å². The first-order valence-electron chi connectivity index (χ1n) is 11.6. The molecule has 0 radical (unpaired) electrons. The fraction of sp³-hybridized carbons (Fsp3) is 0.720. The quantitative estimate of drug-likeness (QED) is 0.203. The predicted octanol–water partition coefficient (Wildman–Crippen LogP) is 4.49. The molecule has 0 saturated carbocycles. The lowest BCUT2D eigenvalue weighted by molar-refractivity contribution is -0.157. The molecule has 0 aromatic rings. The van der Waals surface area contributed by atoms with Crippen LogP contribution in [0.15, 0.2) is 23.8 Å². The van der Waals surface area contributed by atoms with Crippen molar-refractivity contribution in [3.63, 3.8) is 0 Å². The summed E-state index contributed by atoms with van der Waals surface area (Å²) < 4.78 is 17.8. The molecule has 0 fully saturated rings.